The number of rotatable bonds is 7. The number of hydrogen-bond acceptors (Lipinski definition) is 6. The first kappa shape index (κ1) is 24.9. The molecule has 1 saturated heterocycles. The molecule has 3 fully saturated rings. The minimum atomic E-state index is -0.726. The van der Waals surface area contributed by atoms with Crippen molar-refractivity contribution in [2.45, 2.75) is 18.8 Å². The van der Waals surface area contributed by atoms with Gasteiger partial charge < -0.3 is 14.8 Å². The molecule has 2 saturated carbocycles. The summed E-state index contributed by atoms with van der Waals surface area (Å²) in [4.78, 5) is 53.4. The van der Waals surface area contributed by atoms with E-state index in [1.165, 1.54) is 29.7 Å². The van der Waals surface area contributed by atoms with Gasteiger partial charge in [0.2, 0.25) is 11.8 Å². The number of methoxy groups -OCH3 is 1. The van der Waals surface area contributed by atoms with Crippen LogP contribution >= 0.6 is 0 Å². The van der Waals surface area contributed by atoms with Crippen LogP contribution in [0.25, 0.3) is 0 Å². The number of carbonyl (C=O) groups excluding carboxylic acids is 4. The highest BCUT2D eigenvalue weighted by Crippen LogP contribution is 2.61. The summed E-state index contributed by atoms with van der Waals surface area (Å²) in [5.41, 5.74) is 2.19. The van der Waals surface area contributed by atoms with Crippen molar-refractivity contribution in [3.63, 3.8) is 0 Å². The van der Waals surface area contributed by atoms with E-state index in [-0.39, 0.29) is 47.0 Å². The van der Waals surface area contributed by atoms with Gasteiger partial charge in [-0.1, -0.05) is 48.5 Å². The van der Waals surface area contributed by atoms with E-state index in [4.69, 9.17) is 9.47 Å². The fraction of sp³-hybridized carbons (Fsp3) is 0.290. The van der Waals surface area contributed by atoms with E-state index in [0.717, 1.165) is 12.8 Å². The van der Waals surface area contributed by atoms with Crippen LogP contribution in [0.1, 0.15) is 34.7 Å². The lowest BCUT2D eigenvalue weighted by Crippen LogP contribution is -2.33. The molecule has 2 bridgehead atoms. The fourth-order valence-corrected chi connectivity index (χ4v) is 6.72. The molecule has 3 aromatic rings. The number of hydrogen-bond donors (Lipinski definition) is 1. The molecule has 8 nitrogen and oxygen atoms in total. The van der Waals surface area contributed by atoms with E-state index in [1.54, 1.807) is 36.4 Å². The Morgan fingerprint density at radius 2 is 1.64 bits per heavy atom. The quantitative estimate of drug-likeness (QED) is 0.363. The predicted molar refractivity (Wildman–Crippen MR) is 143 cm³/mol. The highest BCUT2D eigenvalue weighted by Gasteiger charge is 2.64. The SMILES string of the molecule is COc1ccccc1NC(=O)COC(=O)c1cccc(N2C(=O)[C@@H]3[C@@H]4C[C@@H]([C@H]3C2=O)[C@@H](c2ccccc2)C4)c1. The van der Waals surface area contributed by atoms with Crippen molar-refractivity contribution < 1.29 is 28.7 Å². The lowest BCUT2D eigenvalue weighted by atomic mass is 9.73. The number of para-hydroxylation sites is 2. The topological polar surface area (TPSA) is 102 Å². The number of nitrogens with zero attached hydrogens (tertiary/aromatic N) is 1. The molecule has 3 amide bonds. The van der Waals surface area contributed by atoms with Crippen molar-refractivity contribution in [3.8, 4) is 5.75 Å². The van der Waals surface area contributed by atoms with Crippen molar-refractivity contribution in [1.29, 1.82) is 0 Å². The molecule has 3 aliphatic rings. The van der Waals surface area contributed by atoms with Crippen LogP contribution in [0.3, 0.4) is 0 Å². The van der Waals surface area contributed by atoms with Gasteiger partial charge in [-0.05, 0) is 66.5 Å². The highest BCUT2D eigenvalue weighted by atomic mass is 16.5. The molecule has 6 rings (SSSR count). The molecule has 1 heterocycles. The molecule has 39 heavy (non-hydrogen) atoms. The number of ether oxygens (including phenoxy) is 2. The second-order valence-corrected chi connectivity index (χ2v) is 10.4. The van der Waals surface area contributed by atoms with Gasteiger partial charge in [0.1, 0.15) is 5.75 Å². The summed E-state index contributed by atoms with van der Waals surface area (Å²) in [6.45, 7) is -0.503. The Morgan fingerprint density at radius 3 is 2.44 bits per heavy atom. The monoisotopic (exact) mass is 524 g/mol. The third-order valence-electron chi connectivity index (χ3n) is 8.30. The molecule has 0 spiro atoms. The number of nitrogens with one attached hydrogen (secondary N) is 1. The van der Waals surface area contributed by atoms with Crippen LogP contribution in [0.15, 0.2) is 78.9 Å². The first-order chi connectivity index (χ1) is 19.0. The van der Waals surface area contributed by atoms with Crippen LogP contribution < -0.4 is 15.0 Å². The molecule has 8 heteroatoms. The summed E-state index contributed by atoms with van der Waals surface area (Å²) in [6, 6.07) is 23.4. The Morgan fingerprint density at radius 1 is 0.897 bits per heavy atom. The molecule has 0 aromatic heterocycles. The average molecular weight is 525 g/mol. The van der Waals surface area contributed by atoms with E-state index in [2.05, 4.69) is 17.4 Å². The maximum absolute atomic E-state index is 13.6. The van der Waals surface area contributed by atoms with Crippen LogP contribution in [0.5, 0.6) is 5.75 Å². The van der Waals surface area contributed by atoms with Gasteiger partial charge in [0.05, 0.1) is 35.9 Å². The summed E-state index contributed by atoms with van der Waals surface area (Å²) >= 11 is 0. The third-order valence-corrected chi connectivity index (χ3v) is 8.30. The van der Waals surface area contributed by atoms with Crippen molar-refractivity contribution >= 4 is 35.1 Å². The number of fused-ring (bicyclic) bond motifs is 5. The van der Waals surface area contributed by atoms with E-state index >= 15 is 0 Å². The van der Waals surface area contributed by atoms with E-state index < -0.39 is 18.5 Å². The minimum Gasteiger partial charge on any atom is -0.495 e. The Bertz CT molecular complexity index is 1450. The van der Waals surface area contributed by atoms with Crippen molar-refractivity contribution in [1.82, 2.24) is 0 Å². The van der Waals surface area contributed by atoms with Crippen LogP contribution in [-0.4, -0.2) is 37.4 Å². The number of esters is 1. The first-order valence-corrected chi connectivity index (χ1v) is 13.1. The zero-order valence-corrected chi connectivity index (χ0v) is 21.4. The number of anilines is 2. The first-order valence-electron chi connectivity index (χ1n) is 13.1. The molecule has 0 radical (unpaired) electrons. The largest absolute Gasteiger partial charge is 0.495 e. The molecule has 5 atom stereocenters. The molecule has 198 valence electrons. The Balaban J connectivity index is 1.14. The average Bonchev–Trinajstić information content (AvgIpc) is 3.63. The third kappa shape index (κ3) is 4.35. The second-order valence-electron chi connectivity index (χ2n) is 10.4. The summed E-state index contributed by atoms with van der Waals surface area (Å²) in [7, 11) is 1.49. The molecular formula is C31H28N2O6. The zero-order chi connectivity index (χ0) is 27.1. The molecule has 2 aliphatic carbocycles. The van der Waals surface area contributed by atoms with Gasteiger partial charge in [0.25, 0.3) is 5.91 Å². The molecule has 1 N–H and O–H groups in total. The lowest BCUT2D eigenvalue weighted by Gasteiger charge is -2.28. The number of benzene rings is 3. The standard InChI is InChI=1S/C31H28N2O6/c1-38-25-13-6-5-12-24(25)32-26(34)17-39-31(37)19-10-7-11-21(14-19)33-29(35)27-20-15-22(18-8-3-2-4-9-18)23(16-20)28(27)30(33)36/h2-14,20,22-23,27-28H,15-17H2,1H3,(H,32,34)/t20-,22+,23+,27+,28+/m0/s1. The normalized spacial score (nSPS) is 24.9. The van der Waals surface area contributed by atoms with Gasteiger partial charge in [0, 0.05) is 0 Å². The van der Waals surface area contributed by atoms with E-state index in [0.29, 0.717) is 17.1 Å². The summed E-state index contributed by atoms with van der Waals surface area (Å²) in [5, 5.41) is 2.65. The maximum Gasteiger partial charge on any atom is 0.338 e. The van der Waals surface area contributed by atoms with Gasteiger partial charge in [0.15, 0.2) is 6.61 Å². The predicted octanol–water partition coefficient (Wildman–Crippen LogP) is 4.42. The molecule has 0 unspecified atom stereocenters. The van der Waals surface area contributed by atoms with Crippen molar-refractivity contribution in [2.24, 2.45) is 23.7 Å². The minimum absolute atomic E-state index is 0.138. The molecule has 3 aromatic carbocycles. The number of carbonyl (C=O) groups is 4. The number of imide groups is 1. The Hall–Kier alpha value is -4.46. The second kappa shape index (κ2) is 10.0. The van der Waals surface area contributed by atoms with Crippen LogP contribution in [0.4, 0.5) is 11.4 Å². The Labute approximate surface area is 225 Å². The zero-order valence-electron chi connectivity index (χ0n) is 21.4. The van der Waals surface area contributed by atoms with Crippen LogP contribution in [0, 0.1) is 23.7 Å². The fourth-order valence-electron chi connectivity index (χ4n) is 6.72. The van der Waals surface area contributed by atoms with Gasteiger partial charge in [-0.2, -0.15) is 0 Å². The van der Waals surface area contributed by atoms with Crippen LogP contribution in [0.2, 0.25) is 0 Å². The summed E-state index contributed by atoms with van der Waals surface area (Å²) in [6.07, 6.45) is 1.80. The van der Waals surface area contributed by atoms with E-state index in [1.807, 2.05) is 18.2 Å². The molecule has 1 aliphatic heterocycles. The van der Waals surface area contributed by atoms with Gasteiger partial charge >= 0.3 is 5.97 Å². The van der Waals surface area contributed by atoms with Gasteiger partial charge in [-0.25, -0.2) is 4.79 Å². The van der Waals surface area contributed by atoms with Crippen molar-refractivity contribution in [2.75, 3.05) is 23.9 Å². The maximum atomic E-state index is 13.6. The Kier molecular flexibility index (Phi) is 6.38. The van der Waals surface area contributed by atoms with Crippen molar-refractivity contribution in [3.05, 3.63) is 90.0 Å². The number of amides is 3. The lowest BCUT2D eigenvalue weighted by molar-refractivity contribution is -0.123. The highest BCUT2D eigenvalue weighted by molar-refractivity contribution is 6.23. The van der Waals surface area contributed by atoms with E-state index in [9.17, 15) is 19.2 Å². The summed E-state index contributed by atoms with van der Waals surface area (Å²) in [5.74, 6) is -1.20. The van der Waals surface area contributed by atoms with Gasteiger partial charge in [-0.15, -0.1) is 0 Å². The summed E-state index contributed by atoms with van der Waals surface area (Å²) < 4.78 is 10.4. The van der Waals surface area contributed by atoms with Crippen LogP contribution in [-0.2, 0) is 19.1 Å². The van der Waals surface area contributed by atoms with Gasteiger partial charge in [-0.3, -0.25) is 19.3 Å². The molecular weight excluding hydrogens is 496 g/mol. The smallest absolute Gasteiger partial charge is 0.338 e.